The zero-order valence-corrected chi connectivity index (χ0v) is 35.7. The van der Waals surface area contributed by atoms with E-state index in [1.165, 1.54) is 5.57 Å². The van der Waals surface area contributed by atoms with E-state index in [1.807, 2.05) is 11.7 Å². The third kappa shape index (κ3) is 5.50. The quantitative estimate of drug-likeness (QED) is 0.277. The predicted molar refractivity (Wildman–Crippen MR) is 215 cm³/mol. The van der Waals surface area contributed by atoms with E-state index in [0.717, 1.165) is 62.6 Å². The van der Waals surface area contributed by atoms with Gasteiger partial charge in [0.15, 0.2) is 5.78 Å². The van der Waals surface area contributed by atoms with E-state index >= 15 is 0 Å². The highest BCUT2D eigenvalue weighted by atomic mass is 35.5. The van der Waals surface area contributed by atoms with Crippen LogP contribution in [0.1, 0.15) is 138 Å². The molecule has 0 spiro atoms. The van der Waals surface area contributed by atoms with Crippen molar-refractivity contribution in [2.75, 3.05) is 0 Å². The minimum Gasteiger partial charge on any atom is -0.481 e. The van der Waals surface area contributed by atoms with Gasteiger partial charge in [-0.15, -0.1) is 0 Å². The molecule has 5 aliphatic rings. The number of carbonyl (C=O) groups is 3. The number of aliphatic carboxylic acids is 1. The number of fused-ring (bicyclic) bond motifs is 7. The van der Waals surface area contributed by atoms with Crippen LogP contribution in [0.15, 0.2) is 40.2 Å². The topological polar surface area (TPSA) is 131 Å². The lowest BCUT2D eigenvalue weighted by Crippen LogP contribution is -2.66. The number of halogens is 1. The molecule has 10 heteroatoms. The molecular weight excluding hydrogens is 726 g/mol. The standard InChI is InChI=1S/C46H60ClN3O6/c1-26(2)35-30(51)23-46(38-37(47)39(53)50(49(38)10)28-13-11-27(25-48)12-14-28)22-21-44(8)29(36(35)46)15-16-32-43(7)19-18-33(56-34(52)24-41(3,4)40(54)55)42(5,6)31(43)17-20-45(32,44)9/h11-14,26,29,31-33H,15-24H2,1-10H3,(H,54,55)/t29-,31+,32-,33+,43?,44-,45-,46-/m1/s1. The number of nitriles is 1. The molecule has 8 atom stereocenters. The second-order valence-electron chi connectivity index (χ2n) is 20.4. The van der Waals surface area contributed by atoms with Gasteiger partial charge >= 0.3 is 11.9 Å². The third-order valence-electron chi connectivity index (χ3n) is 16.7. The Kier molecular flexibility index (Phi) is 9.55. The van der Waals surface area contributed by atoms with Crippen LogP contribution in [0.2, 0.25) is 5.02 Å². The van der Waals surface area contributed by atoms with Crippen LogP contribution in [-0.2, 0) is 31.6 Å². The van der Waals surface area contributed by atoms with E-state index in [4.69, 9.17) is 16.3 Å². The van der Waals surface area contributed by atoms with Gasteiger partial charge in [-0.25, -0.2) is 4.68 Å². The van der Waals surface area contributed by atoms with Crippen molar-refractivity contribution in [3.05, 3.63) is 62.0 Å². The number of aromatic nitrogens is 2. The molecule has 1 aromatic heterocycles. The molecule has 4 fully saturated rings. The highest BCUT2D eigenvalue weighted by Gasteiger charge is 2.71. The number of ketones is 1. The maximum atomic E-state index is 14.4. The molecular formula is C46H60ClN3O6. The van der Waals surface area contributed by atoms with Crippen molar-refractivity contribution in [1.82, 2.24) is 9.36 Å². The summed E-state index contributed by atoms with van der Waals surface area (Å²) in [5.74, 6) is -0.362. The van der Waals surface area contributed by atoms with Crippen molar-refractivity contribution in [2.45, 2.75) is 138 Å². The van der Waals surface area contributed by atoms with Gasteiger partial charge < -0.3 is 9.84 Å². The average Bonchev–Trinajstić information content (AvgIpc) is 3.54. The first-order valence-corrected chi connectivity index (χ1v) is 21.1. The number of carboxylic acid groups (broad SMARTS) is 1. The van der Waals surface area contributed by atoms with Crippen LogP contribution in [0, 0.1) is 62.1 Å². The normalized spacial score (nSPS) is 34.9. The Hall–Kier alpha value is -3.64. The summed E-state index contributed by atoms with van der Waals surface area (Å²) in [5, 5.41) is 19.2. The average molecular weight is 786 g/mol. The molecule has 0 amide bonds. The van der Waals surface area contributed by atoms with Gasteiger partial charge in [0.2, 0.25) is 0 Å². The number of carboxylic acids is 1. The molecule has 2 aromatic rings. The fourth-order valence-corrected chi connectivity index (χ4v) is 14.2. The molecule has 0 saturated heterocycles. The van der Waals surface area contributed by atoms with Crippen molar-refractivity contribution in [3.63, 3.8) is 0 Å². The number of nitrogens with zero attached hydrogens (tertiary/aromatic N) is 3. The van der Waals surface area contributed by atoms with Crippen molar-refractivity contribution in [3.8, 4) is 11.8 Å². The molecule has 4 saturated carbocycles. The van der Waals surface area contributed by atoms with Crippen LogP contribution < -0.4 is 5.56 Å². The highest BCUT2D eigenvalue weighted by molar-refractivity contribution is 6.31. The molecule has 1 heterocycles. The lowest BCUT2D eigenvalue weighted by Gasteiger charge is -2.72. The van der Waals surface area contributed by atoms with Crippen LogP contribution >= 0.6 is 11.6 Å². The number of ether oxygens (including phenoxy) is 1. The molecule has 9 nitrogen and oxygen atoms in total. The second kappa shape index (κ2) is 13.2. The van der Waals surface area contributed by atoms with Gasteiger partial charge in [-0.2, -0.15) is 5.26 Å². The van der Waals surface area contributed by atoms with E-state index < -0.39 is 22.8 Å². The summed E-state index contributed by atoms with van der Waals surface area (Å²) in [5.41, 5.74) is 1.38. The first-order chi connectivity index (χ1) is 26.0. The first-order valence-electron chi connectivity index (χ1n) is 20.7. The number of rotatable bonds is 7. The van der Waals surface area contributed by atoms with E-state index in [2.05, 4.69) is 54.5 Å². The van der Waals surface area contributed by atoms with Crippen LogP contribution in [-0.4, -0.2) is 38.3 Å². The summed E-state index contributed by atoms with van der Waals surface area (Å²) in [4.78, 5) is 53.4. The van der Waals surface area contributed by atoms with Crippen LogP contribution in [0.4, 0.5) is 0 Å². The lowest BCUT2D eigenvalue weighted by molar-refractivity contribution is -0.232. The SMILES string of the molecule is CC(C)C1=C2[C@H]3CC[C@@H]4C5(C)CC[C@H](OC(=O)CC(C)(C)C(=O)O)C(C)(C)[C@@H]5CC[C@@]4(C)[C@]3(C)CC[C@@]2(c2c(Cl)c(=O)n(-c3ccc(C#N)cc3)n2C)CC1=O. The van der Waals surface area contributed by atoms with Crippen LogP contribution in [0.5, 0.6) is 0 Å². The Morgan fingerprint density at radius 3 is 2.23 bits per heavy atom. The van der Waals surface area contributed by atoms with Gasteiger partial charge in [-0.05, 0) is 141 Å². The second-order valence-corrected chi connectivity index (χ2v) is 20.8. The Morgan fingerprint density at radius 2 is 1.62 bits per heavy atom. The summed E-state index contributed by atoms with van der Waals surface area (Å²) >= 11 is 7.16. The maximum Gasteiger partial charge on any atom is 0.309 e. The van der Waals surface area contributed by atoms with Gasteiger partial charge in [0.05, 0.1) is 34.8 Å². The van der Waals surface area contributed by atoms with Gasteiger partial charge in [0.1, 0.15) is 11.1 Å². The number of carbonyl (C=O) groups excluding carboxylic acids is 2. The number of esters is 1. The molecule has 5 aliphatic carbocycles. The van der Waals surface area contributed by atoms with Crippen molar-refractivity contribution >= 4 is 29.3 Å². The van der Waals surface area contributed by atoms with E-state index in [1.54, 1.807) is 42.8 Å². The summed E-state index contributed by atoms with van der Waals surface area (Å²) in [6.45, 7) is 19.4. The highest BCUT2D eigenvalue weighted by Crippen LogP contribution is 2.77. The fourth-order valence-electron chi connectivity index (χ4n) is 13.8. The minimum absolute atomic E-state index is 0.00847. The van der Waals surface area contributed by atoms with Gasteiger partial charge in [-0.3, -0.25) is 23.9 Å². The molecule has 0 radical (unpaired) electrons. The number of benzene rings is 1. The van der Waals surface area contributed by atoms with Crippen molar-refractivity contribution < 1.29 is 24.2 Å². The first kappa shape index (κ1) is 40.6. The monoisotopic (exact) mass is 785 g/mol. The Morgan fingerprint density at radius 1 is 0.964 bits per heavy atom. The molecule has 1 aromatic carbocycles. The summed E-state index contributed by atoms with van der Waals surface area (Å²) in [6.07, 6.45) is 7.19. The van der Waals surface area contributed by atoms with Crippen LogP contribution in [0.3, 0.4) is 0 Å². The number of Topliss-reactive ketones (excluding diaryl/α,β-unsaturated/α-hetero) is 1. The van der Waals surface area contributed by atoms with Gasteiger partial charge in [-0.1, -0.05) is 60.1 Å². The maximum absolute atomic E-state index is 14.4. The molecule has 1 N–H and O–H groups in total. The smallest absolute Gasteiger partial charge is 0.309 e. The van der Waals surface area contributed by atoms with E-state index in [-0.39, 0.29) is 62.4 Å². The van der Waals surface area contributed by atoms with Crippen molar-refractivity contribution in [2.24, 2.45) is 57.8 Å². The molecule has 56 heavy (non-hydrogen) atoms. The fraction of sp³-hybridized carbons (Fsp3) is 0.674. The summed E-state index contributed by atoms with van der Waals surface area (Å²) < 4.78 is 9.64. The minimum atomic E-state index is -1.19. The largest absolute Gasteiger partial charge is 0.481 e. The zero-order chi connectivity index (χ0) is 41.1. The third-order valence-corrected chi connectivity index (χ3v) is 17.1. The molecule has 1 unspecified atom stereocenters. The zero-order valence-electron chi connectivity index (χ0n) is 35.0. The number of hydrogen-bond donors (Lipinski definition) is 1. The number of allylic oxidation sites excluding steroid dienone is 2. The van der Waals surface area contributed by atoms with E-state index in [0.29, 0.717) is 29.5 Å². The molecule has 302 valence electrons. The molecule has 0 bridgehead atoms. The lowest BCUT2D eigenvalue weighted by atomic mass is 9.33. The molecule has 0 aliphatic heterocycles. The predicted octanol–water partition coefficient (Wildman–Crippen LogP) is 9.35. The van der Waals surface area contributed by atoms with Gasteiger partial charge in [0.25, 0.3) is 5.56 Å². The number of hydrogen-bond acceptors (Lipinski definition) is 6. The van der Waals surface area contributed by atoms with Crippen molar-refractivity contribution in [1.29, 1.82) is 5.26 Å². The van der Waals surface area contributed by atoms with E-state index in [9.17, 15) is 29.5 Å². The Bertz CT molecular complexity index is 2130. The Labute approximate surface area is 336 Å². The summed E-state index contributed by atoms with van der Waals surface area (Å²) in [7, 11) is 1.88. The van der Waals surface area contributed by atoms with Gasteiger partial charge in [0, 0.05) is 24.3 Å². The molecule has 7 rings (SSSR count). The summed E-state index contributed by atoms with van der Waals surface area (Å²) in [6, 6.07) is 9.08. The Balaban J connectivity index is 1.26. The van der Waals surface area contributed by atoms with Crippen LogP contribution in [0.25, 0.3) is 5.69 Å².